The first-order valence-corrected chi connectivity index (χ1v) is 5.84. The number of rotatable bonds is 6. The van der Waals surface area contributed by atoms with Crippen LogP contribution in [0.4, 0.5) is 0 Å². The molecular weight excluding hydrogens is 224 g/mol. The molecule has 0 aliphatic carbocycles. The molecular formula is C12H19ClN2O. The number of halogens is 1. The van der Waals surface area contributed by atoms with Crippen LogP contribution in [0.5, 0.6) is 0 Å². The average Bonchev–Trinajstić information content (AvgIpc) is 2.24. The second-order valence-corrected chi connectivity index (χ2v) is 4.46. The van der Waals surface area contributed by atoms with Crippen LogP contribution in [0.2, 0.25) is 5.02 Å². The molecule has 0 aliphatic rings. The first-order chi connectivity index (χ1) is 7.63. The number of methoxy groups -OCH3 is 1. The van der Waals surface area contributed by atoms with Crippen molar-refractivity contribution in [2.45, 2.75) is 26.4 Å². The molecule has 0 saturated carbocycles. The van der Waals surface area contributed by atoms with E-state index in [0.717, 1.165) is 30.4 Å². The molecule has 1 aromatic heterocycles. The van der Waals surface area contributed by atoms with Gasteiger partial charge >= 0.3 is 0 Å². The van der Waals surface area contributed by atoms with Crippen LogP contribution < -0.4 is 0 Å². The summed E-state index contributed by atoms with van der Waals surface area (Å²) >= 11 is 5.93. The SMILES string of the molecule is COCCN(Cc1cc(Cl)ccn1)C(C)C. The second kappa shape index (κ2) is 6.84. The highest BCUT2D eigenvalue weighted by Crippen LogP contribution is 2.11. The van der Waals surface area contributed by atoms with E-state index in [2.05, 4.69) is 23.7 Å². The molecule has 16 heavy (non-hydrogen) atoms. The smallest absolute Gasteiger partial charge is 0.0589 e. The van der Waals surface area contributed by atoms with E-state index in [0.29, 0.717) is 6.04 Å². The third-order valence-electron chi connectivity index (χ3n) is 2.46. The zero-order chi connectivity index (χ0) is 12.0. The van der Waals surface area contributed by atoms with Crippen LogP contribution in [0.1, 0.15) is 19.5 Å². The molecule has 1 heterocycles. The number of aromatic nitrogens is 1. The zero-order valence-electron chi connectivity index (χ0n) is 10.1. The zero-order valence-corrected chi connectivity index (χ0v) is 10.9. The lowest BCUT2D eigenvalue weighted by molar-refractivity contribution is 0.124. The first-order valence-electron chi connectivity index (χ1n) is 5.47. The van der Waals surface area contributed by atoms with E-state index in [4.69, 9.17) is 16.3 Å². The van der Waals surface area contributed by atoms with Crippen LogP contribution in [-0.4, -0.2) is 36.2 Å². The van der Waals surface area contributed by atoms with E-state index in [9.17, 15) is 0 Å². The van der Waals surface area contributed by atoms with E-state index >= 15 is 0 Å². The molecule has 0 N–H and O–H groups in total. The third-order valence-corrected chi connectivity index (χ3v) is 2.69. The first kappa shape index (κ1) is 13.4. The fourth-order valence-corrected chi connectivity index (χ4v) is 1.65. The average molecular weight is 243 g/mol. The highest BCUT2D eigenvalue weighted by atomic mass is 35.5. The summed E-state index contributed by atoms with van der Waals surface area (Å²) in [6.07, 6.45) is 1.74. The van der Waals surface area contributed by atoms with E-state index in [1.54, 1.807) is 19.4 Å². The molecule has 0 spiro atoms. The van der Waals surface area contributed by atoms with Gasteiger partial charge in [0.05, 0.1) is 12.3 Å². The molecule has 0 unspecified atom stereocenters. The molecule has 0 atom stereocenters. The van der Waals surface area contributed by atoms with Crippen molar-refractivity contribution in [2.75, 3.05) is 20.3 Å². The predicted octanol–water partition coefficient (Wildman–Crippen LogP) is 2.59. The van der Waals surface area contributed by atoms with Gasteiger partial charge in [-0.3, -0.25) is 9.88 Å². The molecule has 0 fully saturated rings. The van der Waals surface area contributed by atoms with Crippen molar-refractivity contribution in [2.24, 2.45) is 0 Å². The molecule has 1 rings (SSSR count). The van der Waals surface area contributed by atoms with Crippen LogP contribution in [-0.2, 0) is 11.3 Å². The number of hydrogen-bond donors (Lipinski definition) is 0. The molecule has 0 aromatic carbocycles. The maximum atomic E-state index is 5.93. The molecule has 0 radical (unpaired) electrons. The summed E-state index contributed by atoms with van der Waals surface area (Å²) in [6, 6.07) is 4.17. The van der Waals surface area contributed by atoms with E-state index in [-0.39, 0.29) is 0 Å². The lowest BCUT2D eigenvalue weighted by Crippen LogP contribution is -2.33. The van der Waals surface area contributed by atoms with Crippen molar-refractivity contribution in [1.29, 1.82) is 0 Å². The molecule has 90 valence electrons. The lowest BCUT2D eigenvalue weighted by atomic mass is 10.2. The molecule has 0 aliphatic heterocycles. The standard InChI is InChI=1S/C12H19ClN2O/c1-10(2)15(6-7-16-3)9-12-8-11(13)4-5-14-12/h4-5,8,10H,6-7,9H2,1-3H3. The Morgan fingerprint density at radius 2 is 2.25 bits per heavy atom. The minimum atomic E-state index is 0.468. The van der Waals surface area contributed by atoms with Gasteiger partial charge < -0.3 is 4.74 Å². The Morgan fingerprint density at radius 1 is 1.50 bits per heavy atom. The minimum Gasteiger partial charge on any atom is -0.383 e. The number of ether oxygens (including phenoxy) is 1. The van der Waals surface area contributed by atoms with E-state index in [1.807, 2.05) is 6.07 Å². The van der Waals surface area contributed by atoms with Crippen molar-refractivity contribution >= 4 is 11.6 Å². The van der Waals surface area contributed by atoms with Gasteiger partial charge in [0.1, 0.15) is 0 Å². The van der Waals surface area contributed by atoms with Gasteiger partial charge in [0.25, 0.3) is 0 Å². The highest BCUT2D eigenvalue weighted by molar-refractivity contribution is 6.30. The van der Waals surface area contributed by atoms with Crippen molar-refractivity contribution in [1.82, 2.24) is 9.88 Å². The van der Waals surface area contributed by atoms with Gasteiger partial charge in [-0.15, -0.1) is 0 Å². The van der Waals surface area contributed by atoms with Crippen LogP contribution in [0.15, 0.2) is 18.3 Å². The summed E-state index contributed by atoms with van der Waals surface area (Å²) in [6.45, 7) is 6.78. The molecule has 0 saturated heterocycles. The van der Waals surface area contributed by atoms with E-state index in [1.165, 1.54) is 0 Å². The van der Waals surface area contributed by atoms with Gasteiger partial charge in [-0.05, 0) is 26.0 Å². The van der Waals surface area contributed by atoms with Gasteiger partial charge in [-0.1, -0.05) is 11.6 Å². The van der Waals surface area contributed by atoms with Crippen molar-refractivity contribution < 1.29 is 4.74 Å². The van der Waals surface area contributed by atoms with Gasteiger partial charge in [-0.25, -0.2) is 0 Å². The maximum absolute atomic E-state index is 5.93. The summed E-state index contributed by atoms with van der Waals surface area (Å²) in [5, 5.41) is 0.737. The summed E-state index contributed by atoms with van der Waals surface area (Å²) < 4.78 is 5.10. The quantitative estimate of drug-likeness (QED) is 0.767. The fraction of sp³-hybridized carbons (Fsp3) is 0.583. The second-order valence-electron chi connectivity index (χ2n) is 4.02. The molecule has 0 bridgehead atoms. The highest BCUT2D eigenvalue weighted by Gasteiger charge is 2.10. The molecule has 3 nitrogen and oxygen atoms in total. The van der Waals surface area contributed by atoms with Gasteiger partial charge in [0, 0.05) is 37.5 Å². The van der Waals surface area contributed by atoms with E-state index < -0.39 is 0 Å². The molecule has 0 amide bonds. The minimum absolute atomic E-state index is 0.468. The van der Waals surface area contributed by atoms with Crippen molar-refractivity contribution in [3.05, 3.63) is 29.0 Å². The Labute approximate surface area is 102 Å². The number of nitrogens with zero attached hydrogens (tertiary/aromatic N) is 2. The number of pyridine rings is 1. The summed E-state index contributed by atoms with van der Waals surface area (Å²) in [5.41, 5.74) is 0.998. The lowest BCUT2D eigenvalue weighted by Gasteiger charge is -2.25. The monoisotopic (exact) mass is 242 g/mol. The third kappa shape index (κ3) is 4.47. The predicted molar refractivity (Wildman–Crippen MR) is 66.7 cm³/mol. The van der Waals surface area contributed by atoms with Crippen LogP contribution in [0.25, 0.3) is 0 Å². The Kier molecular flexibility index (Phi) is 5.74. The molecule has 1 aromatic rings. The van der Waals surface area contributed by atoms with Gasteiger partial charge in [0.2, 0.25) is 0 Å². The van der Waals surface area contributed by atoms with Crippen molar-refractivity contribution in [3.63, 3.8) is 0 Å². The van der Waals surface area contributed by atoms with Crippen molar-refractivity contribution in [3.8, 4) is 0 Å². The summed E-state index contributed by atoms with van der Waals surface area (Å²) in [5.74, 6) is 0. The Bertz CT molecular complexity index is 318. The summed E-state index contributed by atoms with van der Waals surface area (Å²) in [7, 11) is 1.72. The topological polar surface area (TPSA) is 25.4 Å². The van der Waals surface area contributed by atoms with Crippen LogP contribution in [0.3, 0.4) is 0 Å². The number of hydrogen-bond acceptors (Lipinski definition) is 3. The largest absolute Gasteiger partial charge is 0.383 e. The Balaban J connectivity index is 2.60. The fourth-order valence-electron chi connectivity index (χ4n) is 1.47. The van der Waals surface area contributed by atoms with Gasteiger partial charge in [-0.2, -0.15) is 0 Å². The van der Waals surface area contributed by atoms with Crippen LogP contribution >= 0.6 is 11.6 Å². The summed E-state index contributed by atoms with van der Waals surface area (Å²) in [4.78, 5) is 6.61. The molecule has 4 heteroatoms. The Hall–Kier alpha value is -0.640. The Morgan fingerprint density at radius 3 is 2.81 bits per heavy atom. The normalized spacial score (nSPS) is 11.4. The van der Waals surface area contributed by atoms with Gasteiger partial charge in [0.15, 0.2) is 0 Å². The van der Waals surface area contributed by atoms with Crippen LogP contribution in [0, 0.1) is 0 Å². The maximum Gasteiger partial charge on any atom is 0.0589 e.